The van der Waals surface area contributed by atoms with Crippen molar-refractivity contribution in [3.8, 4) is 79.0 Å². The molecule has 2 heterocycles. The van der Waals surface area contributed by atoms with Crippen LogP contribution < -0.4 is 0 Å². The normalized spacial score (nSPS) is 11.5. The van der Waals surface area contributed by atoms with Gasteiger partial charge >= 0.3 is 0 Å². The van der Waals surface area contributed by atoms with Gasteiger partial charge in [-0.25, -0.2) is 19.9 Å². The lowest BCUT2D eigenvalue weighted by atomic mass is 9.95. The average molecular weight is 805 g/mol. The molecule has 12 aromatic rings. The molecule has 0 fully saturated rings. The molecular weight excluding hydrogens is 769 g/mol. The van der Waals surface area contributed by atoms with Gasteiger partial charge in [0.25, 0.3) is 0 Å². The Hall–Kier alpha value is -8.54. The first-order valence-corrected chi connectivity index (χ1v) is 21.1. The van der Waals surface area contributed by atoms with E-state index in [9.17, 15) is 0 Å². The molecule has 0 aliphatic heterocycles. The molecule has 12 rings (SSSR count). The zero-order valence-corrected chi connectivity index (χ0v) is 34.0. The smallest absolute Gasteiger partial charge is 0.227 e. The Kier molecular flexibility index (Phi) is 8.75. The summed E-state index contributed by atoms with van der Waals surface area (Å²) >= 11 is 0. The molecule has 0 spiro atoms. The first-order chi connectivity index (χ1) is 31.2. The second-order valence-corrected chi connectivity index (χ2v) is 15.9. The van der Waals surface area contributed by atoms with Crippen molar-refractivity contribution in [2.45, 2.75) is 0 Å². The molecule has 0 saturated heterocycles. The molecule has 0 atom stereocenters. The molecule has 0 amide bonds. The third kappa shape index (κ3) is 6.78. The number of hydrogen-bond donors (Lipinski definition) is 0. The van der Waals surface area contributed by atoms with Crippen LogP contribution in [0.2, 0.25) is 0 Å². The van der Waals surface area contributed by atoms with Gasteiger partial charge in [-0.1, -0.05) is 170 Å². The monoisotopic (exact) mass is 804 g/mol. The summed E-state index contributed by atoms with van der Waals surface area (Å²) in [5, 5.41) is 6.74. The summed E-state index contributed by atoms with van der Waals surface area (Å²) in [5.41, 5.74) is 11.9. The third-order valence-corrected chi connectivity index (χ3v) is 11.9. The van der Waals surface area contributed by atoms with Gasteiger partial charge in [-0.2, -0.15) is 0 Å². The van der Waals surface area contributed by atoms with Crippen molar-refractivity contribution in [1.29, 1.82) is 0 Å². The van der Waals surface area contributed by atoms with Gasteiger partial charge in [0, 0.05) is 27.6 Å². The number of fused-ring (bicyclic) bond motifs is 5. The van der Waals surface area contributed by atoms with Crippen LogP contribution in [0.1, 0.15) is 0 Å². The van der Waals surface area contributed by atoms with Crippen LogP contribution in [0, 0.1) is 0 Å². The highest BCUT2D eigenvalue weighted by atomic mass is 16.3. The maximum absolute atomic E-state index is 6.54. The largest absolute Gasteiger partial charge is 0.435 e. The van der Waals surface area contributed by atoms with Crippen LogP contribution in [-0.2, 0) is 0 Å². The van der Waals surface area contributed by atoms with Crippen LogP contribution in [0.25, 0.3) is 122 Å². The summed E-state index contributed by atoms with van der Waals surface area (Å²) in [4.78, 5) is 20.5. The van der Waals surface area contributed by atoms with Gasteiger partial charge in [-0.3, -0.25) is 0 Å². The van der Waals surface area contributed by atoms with E-state index >= 15 is 0 Å². The van der Waals surface area contributed by atoms with Crippen LogP contribution >= 0.6 is 0 Å². The quantitative estimate of drug-likeness (QED) is 0.161. The lowest BCUT2D eigenvalue weighted by molar-refractivity contribution is 0.623. The zero-order valence-electron chi connectivity index (χ0n) is 34.0. The van der Waals surface area contributed by atoms with Crippen molar-refractivity contribution in [1.82, 2.24) is 19.9 Å². The van der Waals surface area contributed by atoms with Crippen molar-refractivity contribution in [2.24, 2.45) is 0 Å². The fourth-order valence-electron chi connectivity index (χ4n) is 8.69. The molecule has 0 N–H and O–H groups in total. The number of rotatable bonds is 7. The highest BCUT2D eigenvalue weighted by Crippen LogP contribution is 2.38. The standard InChI is InChI=1S/C58H36N4O/c1-3-12-37(13-4-1)43-19-9-21-47(33-43)55-60-56(48-22-10-20-44(34-48)45-27-24-38-14-7-8-17-42(38)32-45)62-57(61-55)49-29-26-39-25-28-46(35-50(39)36-49)51-23-11-18-40-30-31-52-54(53(40)51)63-58(59-52)41-15-5-2-6-16-41/h1-36H. The van der Waals surface area contributed by atoms with Gasteiger partial charge < -0.3 is 4.42 Å². The highest BCUT2D eigenvalue weighted by Gasteiger charge is 2.17. The fourth-order valence-corrected chi connectivity index (χ4v) is 8.69. The Morgan fingerprint density at radius 2 is 0.730 bits per heavy atom. The van der Waals surface area contributed by atoms with E-state index in [4.69, 9.17) is 24.4 Å². The van der Waals surface area contributed by atoms with E-state index in [1.165, 1.54) is 10.8 Å². The molecule has 0 aliphatic rings. The second kappa shape index (κ2) is 15.2. The van der Waals surface area contributed by atoms with Crippen molar-refractivity contribution in [3.05, 3.63) is 218 Å². The molecule has 5 nitrogen and oxygen atoms in total. The van der Waals surface area contributed by atoms with E-state index < -0.39 is 0 Å². The minimum atomic E-state index is 0.602. The molecule has 0 saturated carbocycles. The summed E-state index contributed by atoms with van der Waals surface area (Å²) in [5.74, 6) is 2.43. The summed E-state index contributed by atoms with van der Waals surface area (Å²) in [6.45, 7) is 0. The van der Waals surface area contributed by atoms with Gasteiger partial charge in [0.05, 0.1) is 0 Å². The Bertz CT molecular complexity index is 3690. The topological polar surface area (TPSA) is 64.7 Å². The van der Waals surface area contributed by atoms with Gasteiger partial charge in [0.2, 0.25) is 5.89 Å². The van der Waals surface area contributed by atoms with Crippen LogP contribution in [-0.4, -0.2) is 19.9 Å². The van der Waals surface area contributed by atoms with E-state index in [2.05, 4.69) is 176 Å². The number of oxazole rings is 1. The zero-order chi connectivity index (χ0) is 41.7. The van der Waals surface area contributed by atoms with Crippen LogP contribution in [0.3, 0.4) is 0 Å². The third-order valence-electron chi connectivity index (χ3n) is 11.9. The fraction of sp³-hybridized carbons (Fsp3) is 0. The first kappa shape index (κ1) is 36.3. The highest BCUT2D eigenvalue weighted by molar-refractivity contribution is 6.12. The van der Waals surface area contributed by atoms with E-state index in [1.54, 1.807) is 0 Å². The van der Waals surface area contributed by atoms with E-state index in [-0.39, 0.29) is 0 Å². The molecule has 10 aromatic carbocycles. The molecule has 2 aromatic heterocycles. The second-order valence-electron chi connectivity index (χ2n) is 15.9. The minimum Gasteiger partial charge on any atom is -0.435 e. The summed E-state index contributed by atoms with van der Waals surface area (Å²) in [7, 11) is 0. The van der Waals surface area contributed by atoms with Gasteiger partial charge in [0.1, 0.15) is 5.52 Å². The van der Waals surface area contributed by atoms with Gasteiger partial charge in [-0.15, -0.1) is 0 Å². The van der Waals surface area contributed by atoms with Crippen molar-refractivity contribution >= 4 is 43.4 Å². The molecule has 0 bridgehead atoms. The maximum Gasteiger partial charge on any atom is 0.227 e. The maximum atomic E-state index is 6.54. The van der Waals surface area contributed by atoms with Crippen molar-refractivity contribution < 1.29 is 4.42 Å². The number of hydrogen-bond acceptors (Lipinski definition) is 5. The summed E-state index contributed by atoms with van der Waals surface area (Å²) in [6, 6.07) is 76.1. The molecular formula is C58H36N4O. The van der Waals surface area contributed by atoms with Crippen molar-refractivity contribution in [2.75, 3.05) is 0 Å². The van der Waals surface area contributed by atoms with Crippen LogP contribution in [0.5, 0.6) is 0 Å². The Morgan fingerprint density at radius 3 is 1.44 bits per heavy atom. The van der Waals surface area contributed by atoms with E-state index in [0.717, 1.165) is 88.3 Å². The number of benzene rings is 10. The molecule has 5 heteroatoms. The molecule has 63 heavy (non-hydrogen) atoms. The average Bonchev–Trinajstić information content (AvgIpc) is 3.81. The van der Waals surface area contributed by atoms with Crippen LogP contribution in [0.15, 0.2) is 223 Å². The van der Waals surface area contributed by atoms with Crippen LogP contribution in [0.4, 0.5) is 0 Å². The minimum absolute atomic E-state index is 0.602. The Labute approximate surface area is 363 Å². The lowest BCUT2D eigenvalue weighted by Crippen LogP contribution is -2.00. The SMILES string of the molecule is c1ccc(-c2cccc(-c3nc(-c4cccc(-c5ccc6ccccc6c5)c4)nc(-c4ccc5ccc(-c6cccc7ccc8nc(-c9ccccc9)oc8c67)cc5c4)n3)c2)cc1. The molecule has 0 unspecified atom stereocenters. The summed E-state index contributed by atoms with van der Waals surface area (Å²) in [6.07, 6.45) is 0. The Balaban J connectivity index is 0.989. The lowest BCUT2D eigenvalue weighted by Gasteiger charge is -2.12. The first-order valence-electron chi connectivity index (χ1n) is 21.1. The Morgan fingerprint density at radius 1 is 0.270 bits per heavy atom. The van der Waals surface area contributed by atoms with Crippen molar-refractivity contribution in [3.63, 3.8) is 0 Å². The predicted molar refractivity (Wildman–Crippen MR) is 258 cm³/mol. The number of nitrogens with zero attached hydrogens (tertiary/aromatic N) is 4. The van der Waals surface area contributed by atoms with Gasteiger partial charge in [0.15, 0.2) is 23.1 Å². The predicted octanol–water partition coefficient (Wildman–Crippen LogP) is 15.1. The van der Waals surface area contributed by atoms with E-state index in [1.807, 2.05) is 42.5 Å². The molecule has 294 valence electrons. The van der Waals surface area contributed by atoms with Gasteiger partial charge in [-0.05, 0) is 109 Å². The number of aromatic nitrogens is 4. The summed E-state index contributed by atoms with van der Waals surface area (Å²) < 4.78 is 6.54. The molecule has 0 radical (unpaired) electrons. The molecule has 0 aliphatic carbocycles. The van der Waals surface area contributed by atoms with E-state index in [0.29, 0.717) is 23.4 Å².